The molecule has 0 aromatic carbocycles. The zero-order valence-corrected chi connectivity index (χ0v) is 37.5. The van der Waals surface area contributed by atoms with E-state index in [0.717, 1.165) is 116 Å². The number of hydrogen-bond acceptors (Lipinski definition) is 12. The summed E-state index contributed by atoms with van der Waals surface area (Å²) in [5.41, 5.74) is 0. The van der Waals surface area contributed by atoms with Crippen molar-refractivity contribution >= 4 is 108 Å². The number of rotatable bonds is 0. The summed E-state index contributed by atoms with van der Waals surface area (Å²) in [5.74, 6) is 0. The van der Waals surface area contributed by atoms with Crippen LogP contribution >= 0.6 is 108 Å². The summed E-state index contributed by atoms with van der Waals surface area (Å²) in [6.45, 7) is -12.8. The molecule has 6 N–H and O–H groups in total. The lowest BCUT2D eigenvalue weighted by molar-refractivity contribution is 0.589. The van der Waals surface area contributed by atoms with Crippen molar-refractivity contribution in [3.8, 4) is 0 Å². The van der Waals surface area contributed by atoms with Crippen molar-refractivity contribution in [1.29, 1.82) is 0 Å². The smallest absolute Gasteiger partial charge is 0.236 e. The van der Waals surface area contributed by atoms with Crippen LogP contribution in [-0.2, 0) is 0 Å². The molecule has 0 spiro atoms. The summed E-state index contributed by atoms with van der Waals surface area (Å²) in [6.07, 6.45) is 18.8. The second-order valence-corrected chi connectivity index (χ2v) is 33.5. The van der Waals surface area contributed by atoms with Crippen LogP contribution in [0.3, 0.4) is 0 Å². The molecule has 0 amide bonds. The summed E-state index contributed by atoms with van der Waals surface area (Å²) in [6, 6.07) is 0. The van der Waals surface area contributed by atoms with Gasteiger partial charge in [-0.1, -0.05) is 77.0 Å². The highest BCUT2D eigenvalue weighted by atomic mass is 35.7. The summed E-state index contributed by atoms with van der Waals surface area (Å²) in [7, 11) is 0. The first-order chi connectivity index (χ1) is 22.9. The van der Waals surface area contributed by atoms with Crippen molar-refractivity contribution in [2.75, 3.05) is 39.3 Å². The third-order valence-corrected chi connectivity index (χ3v) is 32.7. The molecule has 0 saturated heterocycles. The lowest BCUT2D eigenvalue weighted by Crippen LogP contribution is -2.16. The van der Waals surface area contributed by atoms with Gasteiger partial charge in [-0.05, 0) is 106 Å². The molecule has 0 unspecified atom stereocenters. The molecule has 5 aliphatic heterocycles. The Morgan fingerprint density at radius 3 is 0.500 bits per heavy atom. The van der Waals surface area contributed by atoms with Gasteiger partial charge in [0, 0.05) is 39.3 Å². The minimum absolute atomic E-state index is 0.696. The molecule has 0 fully saturated rings. The molecule has 0 aliphatic carbocycles. The predicted molar refractivity (Wildman–Crippen MR) is 222 cm³/mol. The SMILES string of the molecule is ClP12=NP3(Cl)=NP(Cl)(=N1)NCCCCCCCCNP1(Cl)=NP(Cl)(=NP(Cl)(=N1)NCCCCCCCCN3)NCCCCCCCCN2. The fourth-order valence-electron chi connectivity index (χ4n) is 5.63. The lowest BCUT2D eigenvalue weighted by atomic mass is 10.1. The van der Waals surface area contributed by atoms with Crippen LogP contribution in [0.2, 0.25) is 0 Å². The normalized spacial score (nSPS) is 41.4. The van der Waals surface area contributed by atoms with Crippen molar-refractivity contribution in [2.45, 2.75) is 116 Å². The Bertz CT molecular complexity index is 1100. The van der Waals surface area contributed by atoms with E-state index in [0.29, 0.717) is 39.3 Å². The Morgan fingerprint density at radius 1 is 0.229 bits per heavy atom. The Kier molecular flexibility index (Phi) is 19.3. The van der Waals surface area contributed by atoms with Gasteiger partial charge in [-0.2, -0.15) is 27.1 Å². The maximum Gasteiger partial charge on any atom is 0.236 e. The third kappa shape index (κ3) is 15.9. The van der Waals surface area contributed by atoms with Gasteiger partial charge in [-0.3, -0.25) is 30.5 Å². The Labute approximate surface area is 318 Å². The van der Waals surface area contributed by atoms with Gasteiger partial charge in [0.2, 0.25) is 40.3 Å². The minimum Gasteiger partial charge on any atom is -0.253 e. The van der Waals surface area contributed by atoms with E-state index in [1.54, 1.807) is 0 Å². The van der Waals surface area contributed by atoms with Crippen LogP contribution in [-0.4, -0.2) is 39.3 Å². The first-order valence-corrected chi connectivity index (χ1v) is 33.0. The van der Waals surface area contributed by atoms with Crippen LogP contribution in [0.5, 0.6) is 0 Å². The van der Waals surface area contributed by atoms with Gasteiger partial charge >= 0.3 is 0 Å². The highest BCUT2D eigenvalue weighted by molar-refractivity contribution is 8.08. The molecular formula is C24H54Cl6N12P6. The molecule has 282 valence electrons. The summed E-state index contributed by atoms with van der Waals surface area (Å²) >= 11 is 42.7. The van der Waals surface area contributed by atoms with E-state index in [2.05, 4.69) is 30.5 Å². The Morgan fingerprint density at radius 2 is 0.354 bits per heavy atom. The summed E-state index contributed by atoms with van der Waals surface area (Å²) < 4.78 is 29.1. The van der Waals surface area contributed by atoms with Crippen LogP contribution in [0.25, 0.3) is 0 Å². The number of halogens is 6. The van der Waals surface area contributed by atoms with Gasteiger partial charge in [-0.25, -0.2) is 0 Å². The van der Waals surface area contributed by atoms with Crippen molar-refractivity contribution < 1.29 is 0 Å². The largest absolute Gasteiger partial charge is 0.253 e. The zero-order valence-electron chi connectivity index (χ0n) is 27.6. The average Bonchev–Trinajstić information content (AvgIpc) is 2.97. The molecule has 12 nitrogen and oxygen atoms in total. The van der Waals surface area contributed by atoms with Crippen LogP contribution in [0.4, 0.5) is 0 Å². The molecule has 0 saturated carbocycles. The molecule has 6 bridgehead atoms. The topological polar surface area (TPSA) is 146 Å². The number of hydrogen-bond donors (Lipinski definition) is 6. The Balaban J connectivity index is 1.55. The molecule has 5 heterocycles. The maximum atomic E-state index is 7.12. The van der Waals surface area contributed by atoms with Crippen LogP contribution in [0.1, 0.15) is 116 Å². The molecule has 24 heteroatoms. The van der Waals surface area contributed by atoms with E-state index in [1.165, 1.54) is 0 Å². The molecule has 5 aliphatic rings. The molecule has 0 aromatic rings. The quantitative estimate of drug-likeness (QED) is 0.133. The minimum atomic E-state index is -2.83. The number of fused-ring (bicyclic) bond motifs is 27. The molecular weight excluding hydrogens is 855 g/mol. The van der Waals surface area contributed by atoms with Crippen molar-refractivity contribution in [1.82, 2.24) is 30.5 Å². The van der Waals surface area contributed by atoms with E-state index in [4.69, 9.17) is 94.5 Å². The first kappa shape index (κ1) is 43.6. The fourth-order valence-corrected chi connectivity index (χ4v) is 35.6. The first-order valence-electron chi connectivity index (χ1n) is 17.4. The molecule has 48 heavy (non-hydrogen) atoms. The number of nitrogens with one attached hydrogen (secondary N) is 6. The van der Waals surface area contributed by atoms with Crippen LogP contribution in [0.15, 0.2) is 27.1 Å². The van der Waals surface area contributed by atoms with Crippen LogP contribution < -0.4 is 30.5 Å². The predicted octanol–water partition coefficient (Wildman–Crippen LogP) is 14.7. The highest BCUT2D eigenvalue weighted by Gasteiger charge is 2.35. The second-order valence-electron chi connectivity index (χ2n) is 12.5. The third-order valence-electron chi connectivity index (χ3n) is 8.11. The lowest BCUT2D eigenvalue weighted by Gasteiger charge is -2.29. The standard InChI is InChI=1S/C24H54Cl6N12P6/c25-43-31-19-13-7-1-2-8-14-20-32-44(26)39-47(29)35-23-17-11-5-3-9-15-21-33-45(27,37-43)41-46(28,38-43)34-22-16-10-4-6-12-18-24-36-48(30,40-44)42-47/h31-36H,1-24H2. The van der Waals surface area contributed by atoms with Crippen LogP contribution in [0, 0.1) is 0 Å². The average molecular weight is 909 g/mol. The summed E-state index contributed by atoms with van der Waals surface area (Å²) in [4.78, 5) is 0. The Hall–Kier alpha value is 2.88. The number of nitrogens with zero attached hydrogens (tertiary/aromatic N) is 6. The molecule has 0 radical (unpaired) electrons. The monoisotopic (exact) mass is 906 g/mol. The van der Waals surface area contributed by atoms with Crippen molar-refractivity contribution in [2.24, 2.45) is 27.1 Å². The molecule has 0 atom stereocenters. The van der Waals surface area contributed by atoms with Gasteiger partial charge in [0.25, 0.3) is 0 Å². The zero-order chi connectivity index (χ0) is 34.5. The highest BCUT2D eigenvalue weighted by Crippen LogP contribution is 2.80. The van der Waals surface area contributed by atoms with E-state index < -0.39 is 40.3 Å². The van der Waals surface area contributed by atoms with Crippen molar-refractivity contribution in [3.63, 3.8) is 0 Å². The van der Waals surface area contributed by atoms with Gasteiger partial charge in [0.15, 0.2) is 0 Å². The van der Waals surface area contributed by atoms with Crippen molar-refractivity contribution in [3.05, 3.63) is 0 Å². The van der Waals surface area contributed by atoms with E-state index in [1.807, 2.05) is 0 Å². The second kappa shape index (κ2) is 21.3. The van der Waals surface area contributed by atoms with E-state index in [9.17, 15) is 0 Å². The van der Waals surface area contributed by atoms with Gasteiger partial charge in [-0.15, -0.1) is 0 Å². The summed E-state index contributed by atoms with van der Waals surface area (Å²) in [5, 5.41) is 20.7. The van der Waals surface area contributed by atoms with E-state index in [-0.39, 0.29) is 0 Å². The van der Waals surface area contributed by atoms with Gasteiger partial charge in [0.05, 0.1) is 0 Å². The fraction of sp³-hybridized carbons (Fsp3) is 1.00. The maximum absolute atomic E-state index is 7.12. The molecule has 0 aromatic heterocycles. The van der Waals surface area contributed by atoms with Gasteiger partial charge in [0.1, 0.15) is 0 Å². The van der Waals surface area contributed by atoms with E-state index >= 15 is 0 Å². The van der Waals surface area contributed by atoms with Gasteiger partial charge < -0.3 is 0 Å². The molecule has 5 rings (SSSR count).